The van der Waals surface area contributed by atoms with Crippen molar-refractivity contribution in [2.24, 2.45) is 0 Å². The molecule has 2 aromatic heterocycles. The Morgan fingerprint density at radius 3 is 2.87 bits per heavy atom. The number of furan rings is 1. The van der Waals surface area contributed by atoms with Gasteiger partial charge in [-0.3, -0.25) is 14.5 Å². The molecule has 8 heteroatoms. The largest absolute Gasteiger partial charge is 0.469 e. The molecule has 1 saturated heterocycles. The van der Waals surface area contributed by atoms with Crippen LogP contribution in [0, 0.1) is 6.92 Å². The number of imide groups is 1. The van der Waals surface area contributed by atoms with E-state index in [9.17, 15) is 9.59 Å². The van der Waals surface area contributed by atoms with Crippen molar-refractivity contribution in [2.75, 3.05) is 12.3 Å². The number of carbonyl (C=O) groups is 2. The molecule has 0 atom stereocenters. The number of rotatable bonds is 5. The molecule has 0 bridgehead atoms. The van der Waals surface area contributed by atoms with Gasteiger partial charge in [0.1, 0.15) is 5.76 Å². The van der Waals surface area contributed by atoms with Crippen LogP contribution in [0.25, 0.3) is 11.4 Å². The van der Waals surface area contributed by atoms with Gasteiger partial charge in [0.05, 0.1) is 17.6 Å². The van der Waals surface area contributed by atoms with Crippen molar-refractivity contribution in [3.05, 3.63) is 18.1 Å². The summed E-state index contributed by atoms with van der Waals surface area (Å²) in [6.45, 7) is 5.09. The van der Waals surface area contributed by atoms with Gasteiger partial charge in [0.25, 0.3) is 0 Å². The minimum atomic E-state index is -0.163. The van der Waals surface area contributed by atoms with Crippen LogP contribution in [0.4, 0.5) is 0 Å². The Morgan fingerprint density at radius 2 is 2.26 bits per heavy atom. The maximum Gasteiger partial charge on any atom is 0.239 e. The lowest BCUT2D eigenvalue weighted by molar-refractivity contribution is -0.140. The molecule has 7 nitrogen and oxygen atoms in total. The molecule has 0 unspecified atom stereocenters. The van der Waals surface area contributed by atoms with E-state index in [0.717, 1.165) is 23.6 Å². The number of carbonyl (C=O) groups excluding carboxylic acids is 2. The smallest absolute Gasteiger partial charge is 0.239 e. The summed E-state index contributed by atoms with van der Waals surface area (Å²) in [7, 11) is 0. The van der Waals surface area contributed by atoms with Crippen LogP contribution in [0.5, 0.6) is 0 Å². The minimum absolute atomic E-state index is 0.0812. The van der Waals surface area contributed by atoms with Gasteiger partial charge in [-0.15, -0.1) is 10.2 Å². The van der Waals surface area contributed by atoms with Gasteiger partial charge >= 0.3 is 0 Å². The molecule has 3 rings (SSSR count). The lowest BCUT2D eigenvalue weighted by Crippen LogP contribution is -2.33. The van der Waals surface area contributed by atoms with Gasteiger partial charge in [-0.05, 0) is 26.3 Å². The van der Waals surface area contributed by atoms with Gasteiger partial charge in [-0.1, -0.05) is 11.8 Å². The van der Waals surface area contributed by atoms with Crippen LogP contribution in [-0.4, -0.2) is 43.8 Å². The van der Waals surface area contributed by atoms with Gasteiger partial charge in [0.15, 0.2) is 11.0 Å². The van der Waals surface area contributed by atoms with E-state index in [0.29, 0.717) is 24.7 Å². The summed E-state index contributed by atoms with van der Waals surface area (Å²) < 4.78 is 7.27. The van der Waals surface area contributed by atoms with E-state index in [2.05, 4.69) is 10.2 Å². The number of thioether (sulfide) groups is 1. The number of hydrogen-bond acceptors (Lipinski definition) is 6. The first-order valence-corrected chi connectivity index (χ1v) is 8.54. The number of hydrogen-bond donors (Lipinski definition) is 0. The number of likely N-dealkylation sites (tertiary alicyclic amines) is 1. The predicted molar refractivity (Wildman–Crippen MR) is 84.8 cm³/mol. The summed E-state index contributed by atoms with van der Waals surface area (Å²) in [6, 6.07) is 1.86. The first-order chi connectivity index (χ1) is 11.1. The average molecular weight is 334 g/mol. The normalized spacial score (nSPS) is 14.7. The van der Waals surface area contributed by atoms with Crippen LogP contribution in [0.2, 0.25) is 0 Å². The summed E-state index contributed by atoms with van der Waals surface area (Å²) in [5, 5.41) is 9.07. The average Bonchev–Trinajstić information content (AvgIpc) is 3.24. The van der Waals surface area contributed by atoms with Crippen LogP contribution < -0.4 is 0 Å². The molecule has 0 saturated carbocycles. The molecule has 1 fully saturated rings. The van der Waals surface area contributed by atoms with E-state index in [4.69, 9.17) is 4.42 Å². The highest BCUT2D eigenvalue weighted by molar-refractivity contribution is 7.99. The molecule has 1 aliphatic heterocycles. The summed E-state index contributed by atoms with van der Waals surface area (Å²) in [5.74, 6) is 1.45. The van der Waals surface area contributed by atoms with Gasteiger partial charge in [-0.25, -0.2) is 0 Å². The van der Waals surface area contributed by atoms with Crippen molar-refractivity contribution in [1.29, 1.82) is 0 Å². The van der Waals surface area contributed by atoms with E-state index in [1.807, 2.05) is 24.5 Å². The molecule has 2 amide bonds. The number of nitrogens with zero attached hydrogens (tertiary/aromatic N) is 4. The molecule has 0 radical (unpaired) electrons. The third-order valence-corrected chi connectivity index (χ3v) is 4.78. The Labute approximate surface area is 138 Å². The Morgan fingerprint density at radius 1 is 1.43 bits per heavy atom. The summed E-state index contributed by atoms with van der Waals surface area (Å²) in [5.41, 5.74) is 0.896. The molecule has 0 aromatic carbocycles. The molecule has 2 aromatic rings. The fourth-order valence-electron chi connectivity index (χ4n) is 2.61. The Bertz CT molecular complexity index is 737. The second-order valence-electron chi connectivity index (χ2n) is 5.27. The van der Waals surface area contributed by atoms with E-state index in [-0.39, 0.29) is 17.6 Å². The third-order valence-electron chi connectivity index (χ3n) is 3.83. The highest BCUT2D eigenvalue weighted by Gasteiger charge is 2.27. The lowest BCUT2D eigenvalue weighted by Gasteiger charge is -2.13. The van der Waals surface area contributed by atoms with Gasteiger partial charge < -0.3 is 8.98 Å². The highest BCUT2D eigenvalue weighted by atomic mass is 32.2. The van der Waals surface area contributed by atoms with Gasteiger partial charge in [0.2, 0.25) is 11.8 Å². The minimum Gasteiger partial charge on any atom is -0.469 e. The number of aryl methyl sites for hydroxylation is 1. The quantitative estimate of drug-likeness (QED) is 0.779. The van der Waals surface area contributed by atoms with Crippen molar-refractivity contribution in [3.8, 4) is 11.4 Å². The first-order valence-electron chi connectivity index (χ1n) is 7.55. The van der Waals surface area contributed by atoms with E-state index in [1.54, 1.807) is 6.26 Å². The van der Waals surface area contributed by atoms with Crippen molar-refractivity contribution in [3.63, 3.8) is 0 Å². The fraction of sp³-hybridized carbons (Fsp3) is 0.467. The van der Waals surface area contributed by atoms with Crippen molar-refractivity contribution in [1.82, 2.24) is 19.7 Å². The van der Waals surface area contributed by atoms with Crippen LogP contribution in [0.3, 0.4) is 0 Å². The van der Waals surface area contributed by atoms with Crippen molar-refractivity contribution in [2.45, 2.75) is 38.4 Å². The first kappa shape index (κ1) is 15.8. The molecular formula is C15H18N4O3S. The van der Waals surface area contributed by atoms with E-state index < -0.39 is 0 Å². The van der Waals surface area contributed by atoms with Gasteiger partial charge in [-0.2, -0.15) is 0 Å². The SMILES string of the molecule is CCn1c(SCC(=O)N2CCCC2=O)nnc1-c1ccoc1C. The van der Waals surface area contributed by atoms with E-state index >= 15 is 0 Å². The maximum absolute atomic E-state index is 12.1. The summed E-state index contributed by atoms with van der Waals surface area (Å²) >= 11 is 1.31. The lowest BCUT2D eigenvalue weighted by atomic mass is 10.2. The number of aromatic nitrogens is 3. The molecule has 0 N–H and O–H groups in total. The molecule has 23 heavy (non-hydrogen) atoms. The van der Waals surface area contributed by atoms with Gasteiger partial charge in [0, 0.05) is 19.5 Å². The van der Waals surface area contributed by atoms with E-state index in [1.165, 1.54) is 16.7 Å². The molecular weight excluding hydrogens is 316 g/mol. The third kappa shape index (κ3) is 3.03. The predicted octanol–water partition coefficient (Wildman–Crippen LogP) is 2.11. The molecule has 0 aliphatic carbocycles. The monoisotopic (exact) mass is 334 g/mol. The standard InChI is InChI=1S/C15H18N4O3S/c1-3-18-14(11-6-8-22-10(11)2)16-17-15(18)23-9-13(21)19-7-4-5-12(19)20/h6,8H,3-5,7,9H2,1-2H3. The zero-order valence-corrected chi connectivity index (χ0v) is 13.9. The molecule has 0 spiro atoms. The van der Waals surface area contributed by atoms with Crippen LogP contribution in [0.1, 0.15) is 25.5 Å². The Hall–Kier alpha value is -2.09. The van der Waals surface area contributed by atoms with Crippen molar-refractivity contribution >= 4 is 23.6 Å². The molecule has 122 valence electrons. The maximum atomic E-state index is 12.1. The topological polar surface area (TPSA) is 81.2 Å². The molecule has 1 aliphatic rings. The fourth-order valence-corrected chi connectivity index (χ4v) is 3.49. The van der Waals surface area contributed by atoms with Crippen molar-refractivity contribution < 1.29 is 14.0 Å². The van der Waals surface area contributed by atoms with Crippen LogP contribution in [-0.2, 0) is 16.1 Å². The highest BCUT2D eigenvalue weighted by Crippen LogP contribution is 2.27. The zero-order chi connectivity index (χ0) is 16.4. The summed E-state index contributed by atoms with van der Waals surface area (Å²) in [4.78, 5) is 25.1. The van der Waals surface area contributed by atoms with Crippen LogP contribution in [0.15, 0.2) is 21.9 Å². The zero-order valence-electron chi connectivity index (χ0n) is 13.1. The molecule has 3 heterocycles. The second kappa shape index (κ2) is 6.57. The Balaban J connectivity index is 1.74. The number of amides is 2. The Kier molecular flexibility index (Phi) is 4.51. The second-order valence-corrected chi connectivity index (χ2v) is 6.21. The van der Waals surface area contributed by atoms with Crippen LogP contribution >= 0.6 is 11.8 Å². The summed E-state index contributed by atoms with van der Waals surface area (Å²) in [6.07, 6.45) is 2.84.